The lowest BCUT2D eigenvalue weighted by molar-refractivity contribution is -0.119. The van der Waals surface area contributed by atoms with Gasteiger partial charge in [-0.15, -0.1) is 11.3 Å². The molecule has 1 aromatic heterocycles. The number of aromatic nitrogens is 1. The van der Waals surface area contributed by atoms with E-state index in [1.54, 1.807) is 18.3 Å². The molecule has 3 aromatic rings. The summed E-state index contributed by atoms with van der Waals surface area (Å²) in [4.78, 5) is 39.9. The van der Waals surface area contributed by atoms with Gasteiger partial charge in [-0.05, 0) is 23.3 Å². The molecule has 0 aliphatic carbocycles. The van der Waals surface area contributed by atoms with Crippen LogP contribution in [0.15, 0.2) is 60.1 Å². The van der Waals surface area contributed by atoms with Crippen molar-refractivity contribution in [3.05, 3.63) is 77.1 Å². The number of hydrogen-bond donors (Lipinski definition) is 2. The van der Waals surface area contributed by atoms with E-state index in [0.717, 1.165) is 21.7 Å². The Kier molecular flexibility index (Phi) is 7.23. The van der Waals surface area contributed by atoms with Crippen LogP contribution in [0.5, 0.6) is 0 Å². The molecule has 9 heteroatoms. The third kappa shape index (κ3) is 5.71. The summed E-state index contributed by atoms with van der Waals surface area (Å²) in [5.41, 5.74) is 2.43. The fourth-order valence-electron chi connectivity index (χ4n) is 2.92. The van der Waals surface area contributed by atoms with Crippen LogP contribution in [-0.2, 0) is 16.1 Å². The summed E-state index contributed by atoms with van der Waals surface area (Å²) < 4.78 is 13.1. The molecule has 30 heavy (non-hydrogen) atoms. The molecular formula is C21H19FN4O3S. The van der Waals surface area contributed by atoms with Crippen molar-refractivity contribution in [2.24, 2.45) is 0 Å². The van der Waals surface area contributed by atoms with Crippen LogP contribution in [0.3, 0.4) is 0 Å². The van der Waals surface area contributed by atoms with Crippen molar-refractivity contribution >= 4 is 30.2 Å². The number of halogens is 1. The van der Waals surface area contributed by atoms with Gasteiger partial charge in [0.15, 0.2) is 0 Å². The monoisotopic (exact) mass is 426 g/mol. The molecule has 154 valence electrons. The Hall–Kier alpha value is -3.59. The number of nitrogens with zero attached hydrogens (tertiary/aromatic N) is 2. The van der Waals surface area contributed by atoms with Crippen molar-refractivity contribution < 1.29 is 18.8 Å². The van der Waals surface area contributed by atoms with Gasteiger partial charge in [-0.25, -0.2) is 14.2 Å². The van der Waals surface area contributed by atoms with E-state index in [1.165, 1.54) is 28.4 Å². The number of carbonyl (C=O) groups excluding carboxylic acids is 3. The van der Waals surface area contributed by atoms with Gasteiger partial charge in [-0.3, -0.25) is 14.9 Å². The molecule has 3 rings (SSSR count). The van der Waals surface area contributed by atoms with E-state index in [9.17, 15) is 18.8 Å². The number of urea groups is 1. The zero-order chi connectivity index (χ0) is 21.3. The zero-order valence-corrected chi connectivity index (χ0v) is 16.6. The van der Waals surface area contributed by atoms with Crippen LogP contribution in [0.25, 0.3) is 10.6 Å². The Bertz CT molecular complexity index is 979. The largest absolute Gasteiger partial charge is 0.339 e. The molecule has 0 unspecified atom stereocenters. The summed E-state index contributed by atoms with van der Waals surface area (Å²) in [6.45, 7) is 0.401. The highest BCUT2D eigenvalue weighted by Gasteiger charge is 2.18. The van der Waals surface area contributed by atoms with Gasteiger partial charge < -0.3 is 10.2 Å². The zero-order valence-electron chi connectivity index (χ0n) is 15.8. The second-order valence-electron chi connectivity index (χ2n) is 6.41. The van der Waals surface area contributed by atoms with E-state index >= 15 is 0 Å². The fraction of sp³-hybridized carbons (Fsp3) is 0.143. The third-order valence-electron chi connectivity index (χ3n) is 4.35. The van der Waals surface area contributed by atoms with Crippen LogP contribution in [0.1, 0.15) is 17.2 Å². The summed E-state index contributed by atoms with van der Waals surface area (Å²) in [7, 11) is 0. The molecule has 0 radical (unpaired) electrons. The number of imide groups is 1. The Morgan fingerprint density at radius 2 is 1.87 bits per heavy atom. The summed E-state index contributed by atoms with van der Waals surface area (Å²) in [5, 5.41) is 7.49. The van der Waals surface area contributed by atoms with E-state index in [0.29, 0.717) is 6.41 Å². The molecule has 1 atom stereocenters. The molecule has 0 bridgehead atoms. The first kappa shape index (κ1) is 21.1. The number of thiazole rings is 1. The van der Waals surface area contributed by atoms with Crippen molar-refractivity contribution in [1.29, 1.82) is 0 Å². The number of carbonyl (C=O) groups is 3. The minimum atomic E-state index is -0.674. The topological polar surface area (TPSA) is 91.4 Å². The standard InChI is InChI=1S/C21H19FN4O3S/c22-18-7-1-15(2-8-18)11-26(14-28)12-19(25-21(29)24-13-27)16-3-5-17(6-4-16)20-23-9-10-30-20/h1-10,13-14,19H,11-12H2,(H2,24,25,27,29)/t19-/m0/s1. The van der Waals surface area contributed by atoms with Crippen LogP contribution in [0.4, 0.5) is 9.18 Å². The SMILES string of the molecule is O=CNC(=O)N[C@@H](CN(C=O)Cc1ccc(F)cc1)c1ccc(-c2nccs2)cc1. The summed E-state index contributed by atoms with van der Waals surface area (Å²) in [6, 6.07) is 12.0. The molecule has 7 nitrogen and oxygen atoms in total. The Morgan fingerprint density at radius 1 is 1.13 bits per heavy atom. The first-order valence-electron chi connectivity index (χ1n) is 9.03. The molecule has 0 aliphatic heterocycles. The smallest absolute Gasteiger partial charge is 0.321 e. The van der Waals surface area contributed by atoms with E-state index in [4.69, 9.17) is 0 Å². The van der Waals surface area contributed by atoms with Crippen molar-refractivity contribution in [1.82, 2.24) is 20.5 Å². The highest BCUT2D eigenvalue weighted by Crippen LogP contribution is 2.24. The number of rotatable bonds is 9. The lowest BCUT2D eigenvalue weighted by Gasteiger charge is -2.25. The predicted molar refractivity (Wildman–Crippen MR) is 111 cm³/mol. The van der Waals surface area contributed by atoms with Gasteiger partial charge in [0.05, 0.1) is 6.04 Å². The maximum atomic E-state index is 13.1. The molecule has 1 heterocycles. The number of benzene rings is 2. The number of amides is 4. The molecule has 0 aliphatic rings. The molecule has 4 amide bonds. The summed E-state index contributed by atoms with van der Waals surface area (Å²) in [5.74, 6) is -0.359. The van der Waals surface area contributed by atoms with Crippen molar-refractivity contribution in [3.63, 3.8) is 0 Å². The minimum absolute atomic E-state index is 0.157. The normalized spacial score (nSPS) is 11.4. The van der Waals surface area contributed by atoms with E-state index in [2.05, 4.69) is 10.3 Å². The average molecular weight is 426 g/mol. The van der Waals surface area contributed by atoms with E-state index in [1.807, 2.05) is 35.0 Å². The lowest BCUT2D eigenvalue weighted by Crippen LogP contribution is -2.42. The Balaban J connectivity index is 1.78. The van der Waals surface area contributed by atoms with Gasteiger partial charge in [-0.2, -0.15) is 0 Å². The maximum absolute atomic E-state index is 13.1. The highest BCUT2D eigenvalue weighted by molar-refractivity contribution is 7.13. The van der Waals surface area contributed by atoms with Crippen molar-refractivity contribution in [3.8, 4) is 10.6 Å². The molecule has 0 saturated heterocycles. The van der Waals surface area contributed by atoms with Crippen LogP contribution < -0.4 is 10.6 Å². The summed E-state index contributed by atoms with van der Waals surface area (Å²) >= 11 is 1.51. The Labute approximate surface area is 176 Å². The van der Waals surface area contributed by atoms with E-state index in [-0.39, 0.29) is 25.3 Å². The van der Waals surface area contributed by atoms with Gasteiger partial charge >= 0.3 is 6.03 Å². The van der Waals surface area contributed by atoms with E-state index < -0.39 is 12.1 Å². The highest BCUT2D eigenvalue weighted by atomic mass is 32.1. The van der Waals surface area contributed by atoms with Crippen LogP contribution in [0, 0.1) is 5.82 Å². The molecule has 0 spiro atoms. The van der Waals surface area contributed by atoms with Crippen LogP contribution >= 0.6 is 11.3 Å². The van der Waals surface area contributed by atoms with Gasteiger partial charge in [-0.1, -0.05) is 36.4 Å². The predicted octanol–water partition coefficient (Wildman–Crippen LogP) is 3.10. The fourth-order valence-corrected chi connectivity index (χ4v) is 3.56. The lowest BCUT2D eigenvalue weighted by atomic mass is 10.0. The second-order valence-corrected chi connectivity index (χ2v) is 7.30. The van der Waals surface area contributed by atoms with Crippen molar-refractivity contribution in [2.45, 2.75) is 12.6 Å². The second kappa shape index (κ2) is 10.3. The maximum Gasteiger partial charge on any atom is 0.321 e. The molecule has 0 fully saturated rings. The molecule has 2 aromatic carbocycles. The third-order valence-corrected chi connectivity index (χ3v) is 5.17. The quantitative estimate of drug-likeness (QED) is 0.515. The molecule has 2 N–H and O–H groups in total. The first-order valence-corrected chi connectivity index (χ1v) is 9.91. The summed E-state index contributed by atoms with van der Waals surface area (Å²) in [6.07, 6.45) is 2.67. The van der Waals surface area contributed by atoms with Crippen molar-refractivity contribution in [2.75, 3.05) is 6.54 Å². The molecule has 0 saturated carbocycles. The van der Waals surface area contributed by atoms with Crippen LogP contribution in [-0.4, -0.2) is 35.3 Å². The van der Waals surface area contributed by atoms with Gasteiger partial charge in [0, 0.05) is 30.2 Å². The molecular weight excluding hydrogens is 407 g/mol. The number of nitrogens with one attached hydrogen (secondary N) is 2. The minimum Gasteiger partial charge on any atom is -0.339 e. The van der Waals surface area contributed by atoms with Crippen LogP contribution in [0.2, 0.25) is 0 Å². The number of hydrogen-bond acceptors (Lipinski definition) is 5. The Morgan fingerprint density at radius 3 is 2.47 bits per heavy atom. The van der Waals surface area contributed by atoms with Gasteiger partial charge in [0.25, 0.3) is 0 Å². The van der Waals surface area contributed by atoms with Gasteiger partial charge in [0.1, 0.15) is 10.8 Å². The average Bonchev–Trinajstić information content (AvgIpc) is 3.29. The van der Waals surface area contributed by atoms with Gasteiger partial charge in [0.2, 0.25) is 12.8 Å². The first-order chi connectivity index (χ1) is 14.6.